The van der Waals surface area contributed by atoms with Gasteiger partial charge in [-0.1, -0.05) is 33.3 Å². The third-order valence-electron chi connectivity index (χ3n) is 2.22. The molecule has 0 amide bonds. The lowest BCUT2D eigenvalue weighted by atomic mass is 10.2. The van der Waals surface area contributed by atoms with Crippen LogP contribution in [0.1, 0.15) is 11.3 Å². The van der Waals surface area contributed by atoms with Crippen LogP contribution in [0, 0.1) is 0 Å². The van der Waals surface area contributed by atoms with Crippen LogP contribution in [0.15, 0.2) is 30.5 Å². The molecule has 1 N–H and O–H groups in total. The fraction of sp³-hybridized carbons (Fsp3) is 0.273. The van der Waals surface area contributed by atoms with E-state index in [-0.39, 0.29) is 5.75 Å². The highest BCUT2D eigenvalue weighted by atomic mass is 79.9. The van der Waals surface area contributed by atoms with E-state index in [4.69, 9.17) is 5.11 Å². The molecule has 4 nitrogen and oxygen atoms in total. The minimum absolute atomic E-state index is 0.280. The van der Waals surface area contributed by atoms with E-state index in [9.17, 15) is 0 Å². The average molecular weight is 282 g/mol. The number of aryl methyl sites for hydroxylation is 1. The molecule has 0 aliphatic heterocycles. The number of hydrogen-bond acceptors (Lipinski definition) is 3. The first kappa shape index (κ1) is 11.1. The van der Waals surface area contributed by atoms with Gasteiger partial charge in [0.15, 0.2) is 0 Å². The first-order valence-corrected chi connectivity index (χ1v) is 6.13. The molecule has 0 bridgehead atoms. The number of rotatable bonds is 4. The van der Waals surface area contributed by atoms with Crippen molar-refractivity contribution >= 4 is 15.9 Å². The van der Waals surface area contributed by atoms with Gasteiger partial charge in [-0.2, -0.15) is 0 Å². The Morgan fingerprint density at radius 1 is 1.25 bits per heavy atom. The van der Waals surface area contributed by atoms with E-state index >= 15 is 0 Å². The van der Waals surface area contributed by atoms with E-state index in [1.807, 2.05) is 18.3 Å². The zero-order chi connectivity index (χ0) is 11.4. The Kier molecular flexibility index (Phi) is 3.56. The molecule has 0 aliphatic carbocycles. The van der Waals surface area contributed by atoms with Crippen LogP contribution in [-0.4, -0.2) is 25.4 Å². The second-order valence-electron chi connectivity index (χ2n) is 3.51. The summed E-state index contributed by atoms with van der Waals surface area (Å²) in [5.74, 6) is 0.280. The first-order chi connectivity index (χ1) is 7.78. The molecule has 0 unspecified atom stereocenters. The van der Waals surface area contributed by atoms with Crippen LogP contribution in [0.2, 0.25) is 0 Å². The molecule has 2 aromatic rings. The van der Waals surface area contributed by atoms with Crippen LogP contribution in [0.25, 0.3) is 0 Å². The molecule has 0 atom stereocenters. The van der Waals surface area contributed by atoms with Crippen molar-refractivity contribution in [3.05, 3.63) is 41.7 Å². The van der Waals surface area contributed by atoms with E-state index < -0.39 is 0 Å². The molecule has 0 saturated carbocycles. The Balaban J connectivity index is 2.05. The molecule has 16 heavy (non-hydrogen) atoms. The van der Waals surface area contributed by atoms with E-state index in [1.54, 1.807) is 16.8 Å². The number of aromatic nitrogens is 3. The molecule has 84 valence electrons. The quantitative estimate of drug-likeness (QED) is 0.872. The lowest BCUT2D eigenvalue weighted by Gasteiger charge is -2.00. The number of aromatic hydroxyl groups is 1. The van der Waals surface area contributed by atoms with Crippen LogP contribution < -0.4 is 0 Å². The largest absolute Gasteiger partial charge is 0.508 e. The smallest absolute Gasteiger partial charge is 0.115 e. The minimum atomic E-state index is 0.280. The third-order valence-corrected chi connectivity index (χ3v) is 2.61. The topological polar surface area (TPSA) is 50.9 Å². The number of phenolic OH excluding ortho intramolecular Hbond substituents is 1. The van der Waals surface area contributed by atoms with Crippen molar-refractivity contribution in [1.29, 1.82) is 0 Å². The average Bonchev–Trinajstić information content (AvgIpc) is 2.70. The summed E-state index contributed by atoms with van der Waals surface area (Å²) in [5, 5.41) is 18.1. The Bertz CT molecular complexity index is 453. The molecule has 1 aromatic carbocycles. The Labute approximate surface area is 102 Å². The maximum atomic E-state index is 9.16. The molecule has 2 rings (SSSR count). The van der Waals surface area contributed by atoms with Gasteiger partial charge < -0.3 is 5.11 Å². The van der Waals surface area contributed by atoms with Crippen molar-refractivity contribution < 1.29 is 5.11 Å². The molecule has 0 spiro atoms. The molecular weight excluding hydrogens is 270 g/mol. The van der Waals surface area contributed by atoms with Gasteiger partial charge >= 0.3 is 0 Å². The summed E-state index contributed by atoms with van der Waals surface area (Å²) in [5.41, 5.74) is 2.07. The monoisotopic (exact) mass is 281 g/mol. The molecule has 0 fully saturated rings. The summed E-state index contributed by atoms with van der Waals surface area (Å²) in [6.45, 7) is 0.676. The van der Waals surface area contributed by atoms with Crippen molar-refractivity contribution in [3.8, 4) is 5.75 Å². The van der Waals surface area contributed by atoms with Crippen molar-refractivity contribution in [2.45, 2.75) is 13.0 Å². The van der Waals surface area contributed by atoms with Gasteiger partial charge in [-0.15, -0.1) is 5.10 Å². The normalized spacial score (nSPS) is 10.6. The zero-order valence-corrected chi connectivity index (χ0v) is 10.3. The first-order valence-electron chi connectivity index (χ1n) is 5.01. The lowest BCUT2D eigenvalue weighted by molar-refractivity contribution is 0.475. The van der Waals surface area contributed by atoms with E-state index in [0.717, 1.165) is 23.0 Å². The molecule has 1 aromatic heterocycles. The standard InChI is InChI=1S/C11H12BrN3O/c12-6-5-10-8-15(14-13-10)7-9-1-3-11(16)4-2-9/h1-4,8,16H,5-7H2. The molecule has 0 saturated heterocycles. The van der Waals surface area contributed by atoms with Crippen LogP contribution in [0.3, 0.4) is 0 Å². The third kappa shape index (κ3) is 2.82. The van der Waals surface area contributed by atoms with Crippen LogP contribution in [0.5, 0.6) is 5.75 Å². The predicted octanol–water partition coefficient (Wildman–Crippen LogP) is 1.97. The molecule has 0 aliphatic rings. The molecule has 5 heteroatoms. The summed E-state index contributed by atoms with van der Waals surface area (Å²) in [6, 6.07) is 7.10. The number of halogens is 1. The summed E-state index contributed by atoms with van der Waals surface area (Å²) in [6.07, 6.45) is 2.82. The molecular formula is C11H12BrN3O. The van der Waals surface area contributed by atoms with Gasteiger partial charge in [0.2, 0.25) is 0 Å². The van der Waals surface area contributed by atoms with Gasteiger partial charge in [0.25, 0.3) is 0 Å². The van der Waals surface area contributed by atoms with E-state index in [1.165, 1.54) is 0 Å². The minimum Gasteiger partial charge on any atom is -0.508 e. The van der Waals surface area contributed by atoms with Crippen molar-refractivity contribution in [2.24, 2.45) is 0 Å². The Morgan fingerprint density at radius 2 is 2.00 bits per heavy atom. The van der Waals surface area contributed by atoms with Gasteiger partial charge in [0.1, 0.15) is 5.75 Å². The molecule has 1 heterocycles. The second kappa shape index (κ2) is 5.12. The van der Waals surface area contributed by atoms with Gasteiger partial charge in [0.05, 0.1) is 12.2 Å². The van der Waals surface area contributed by atoms with Crippen LogP contribution >= 0.6 is 15.9 Å². The van der Waals surface area contributed by atoms with Crippen molar-refractivity contribution in [3.63, 3.8) is 0 Å². The van der Waals surface area contributed by atoms with Gasteiger partial charge in [-0.05, 0) is 17.7 Å². The van der Waals surface area contributed by atoms with Gasteiger partial charge in [-0.25, -0.2) is 4.68 Å². The lowest BCUT2D eigenvalue weighted by Crippen LogP contribution is -1.99. The van der Waals surface area contributed by atoms with Crippen LogP contribution in [-0.2, 0) is 13.0 Å². The van der Waals surface area contributed by atoms with Crippen molar-refractivity contribution in [1.82, 2.24) is 15.0 Å². The highest BCUT2D eigenvalue weighted by Gasteiger charge is 2.00. The number of benzene rings is 1. The van der Waals surface area contributed by atoms with Gasteiger partial charge in [-0.3, -0.25) is 0 Å². The summed E-state index contributed by atoms with van der Waals surface area (Å²) < 4.78 is 1.80. The number of phenols is 1. The number of alkyl halides is 1. The second-order valence-corrected chi connectivity index (χ2v) is 4.31. The highest BCUT2D eigenvalue weighted by Crippen LogP contribution is 2.10. The maximum absolute atomic E-state index is 9.16. The number of nitrogens with zero attached hydrogens (tertiary/aromatic N) is 3. The Hall–Kier alpha value is -1.36. The zero-order valence-electron chi connectivity index (χ0n) is 8.67. The van der Waals surface area contributed by atoms with E-state index in [0.29, 0.717) is 6.54 Å². The predicted molar refractivity (Wildman–Crippen MR) is 64.7 cm³/mol. The fourth-order valence-electron chi connectivity index (χ4n) is 1.42. The Morgan fingerprint density at radius 3 is 2.69 bits per heavy atom. The van der Waals surface area contributed by atoms with E-state index in [2.05, 4.69) is 26.2 Å². The van der Waals surface area contributed by atoms with Gasteiger partial charge in [0, 0.05) is 17.9 Å². The van der Waals surface area contributed by atoms with Crippen molar-refractivity contribution in [2.75, 3.05) is 5.33 Å². The summed E-state index contributed by atoms with van der Waals surface area (Å²) in [4.78, 5) is 0. The SMILES string of the molecule is Oc1ccc(Cn2cc(CCBr)nn2)cc1. The number of hydrogen-bond donors (Lipinski definition) is 1. The summed E-state index contributed by atoms with van der Waals surface area (Å²) >= 11 is 3.37. The fourth-order valence-corrected chi connectivity index (χ4v) is 1.82. The maximum Gasteiger partial charge on any atom is 0.115 e. The van der Waals surface area contributed by atoms with Crippen LogP contribution in [0.4, 0.5) is 0 Å². The highest BCUT2D eigenvalue weighted by molar-refractivity contribution is 9.09. The molecule has 0 radical (unpaired) electrons. The summed E-state index contributed by atoms with van der Waals surface area (Å²) in [7, 11) is 0.